The van der Waals surface area contributed by atoms with Crippen molar-refractivity contribution >= 4 is 45.6 Å². The van der Waals surface area contributed by atoms with E-state index in [9.17, 15) is 0 Å². The van der Waals surface area contributed by atoms with Crippen LogP contribution in [0.3, 0.4) is 0 Å². The van der Waals surface area contributed by atoms with Crippen LogP contribution < -0.4 is 4.74 Å². The van der Waals surface area contributed by atoms with Crippen molar-refractivity contribution in [2.75, 3.05) is 0 Å². The summed E-state index contributed by atoms with van der Waals surface area (Å²) in [4.78, 5) is 6.11. The molecule has 0 aliphatic heterocycles. The van der Waals surface area contributed by atoms with Gasteiger partial charge in [0.1, 0.15) is 11.5 Å². The fourth-order valence-electron chi connectivity index (χ4n) is 2.52. The summed E-state index contributed by atoms with van der Waals surface area (Å²) in [5, 5.41) is 2.70. The Morgan fingerprint density at radius 3 is 2.45 bits per heavy atom. The molecule has 0 saturated heterocycles. The maximum absolute atomic E-state index is 6.32. The lowest BCUT2D eigenvalue weighted by molar-refractivity contribution is 0.489. The van der Waals surface area contributed by atoms with Crippen molar-refractivity contribution in [3.8, 4) is 11.5 Å². The molecule has 4 aromatic rings. The van der Waals surface area contributed by atoms with E-state index in [1.54, 1.807) is 0 Å². The largest absolute Gasteiger partial charge is 0.455 e. The molecule has 3 nitrogen and oxygen atoms in total. The molecule has 1 heterocycles. The van der Waals surface area contributed by atoms with Crippen LogP contribution in [0.5, 0.6) is 11.5 Å². The van der Waals surface area contributed by atoms with Gasteiger partial charge in [0.15, 0.2) is 4.77 Å². The number of nitrogens with one attached hydrogen (secondary N) is 2. The first-order valence-corrected chi connectivity index (χ1v) is 7.56. The van der Waals surface area contributed by atoms with Crippen molar-refractivity contribution in [1.29, 1.82) is 0 Å². The molecule has 0 aliphatic rings. The predicted molar refractivity (Wildman–Crippen MR) is 92.5 cm³/mol. The average molecular weight is 327 g/mol. The summed E-state index contributed by atoms with van der Waals surface area (Å²) < 4.78 is 6.60. The zero-order chi connectivity index (χ0) is 15.1. The van der Waals surface area contributed by atoms with Gasteiger partial charge in [-0.25, -0.2) is 0 Å². The molecule has 22 heavy (non-hydrogen) atoms. The highest BCUT2D eigenvalue weighted by Gasteiger charge is 2.09. The number of halogens is 1. The van der Waals surface area contributed by atoms with Gasteiger partial charge in [0, 0.05) is 11.5 Å². The minimum Gasteiger partial charge on any atom is -0.455 e. The van der Waals surface area contributed by atoms with Gasteiger partial charge in [0.2, 0.25) is 0 Å². The lowest BCUT2D eigenvalue weighted by Crippen LogP contribution is -1.87. The van der Waals surface area contributed by atoms with Crippen molar-refractivity contribution in [2.24, 2.45) is 0 Å². The van der Waals surface area contributed by atoms with E-state index < -0.39 is 0 Å². The lowest BCUT2D eigenvalue weighted by Gasteiger charge is -2.10. The molecule has 108 valence electrons. The quantitative estimate of drug-likeness (QED) is 0.455. The zero-order valence-corrected chi connectivity index (χ0v) is 13.0. The Hall–Kier alpha value is -2.30. The summed E-state index contributed by atoms with van der Waals surface area (Å²) in [5.74, 6) is 1.37. The fourth-order valence-corrected chi connectivity index (χ4v) is 2.94. The van der Waals surface area contributed by atoms with Gasteiger partial charge in [0.05, 0.1) is 16.1 Å². The van der Waals surface area contributed by atoms with Gasteiger partial charge in [0.25, 0.3) is 0 Å². The van der Waals surface area contributed by atoms with Crippen molar-refractivity contribution < 1.29 is 4.74 Å². The Kier molecular flexibility index (Phi) is 3.13. The molecule has 0 unspecified atom stereocenters. The van der Waals surface area contributed by atoms with Crippen LogP contribution in [0.15, 0.2) is 54.6 Å². The Labute approximate surface area is 136 Å². The second-order valence-electron chi connectivity index (χ2n) is 4.99. The van der Waals surface area contributed by atoms with Crippen LogP contribution in [0, 0.1) is 4.77 Å². The number of ether oxygens (including phenoxy) is 1. The number of H-pyrrole nitrogens is 2. The summed E-state index contributed by atoms with van der Waals surface area (Å²) in [7, 11) is 0. The third kappa shape index (κ3) is 2.26. The van der Waals surface area contributed by atoms with Crippen LogP contribution in [0.25, 0.3) is 21.8 Å². The Balaban J connectivity index is 1.85. The maximum Gasteiger partial charge on any atom is 0.175 e. The van der Waals surface area contributed by atoms with Gasteiger partial charge in [-0.05, 0) is 29.7 Å². The molecule has 0 atom stereocenters. The van der Waals surface area contributed by atoms with E-state index in [1.807, 2.05) is 42.5 Å². The Morgan fingerprint density at radius 2 is 1.59 bits per heavy atom. The average Bonchev–Trinajstić information content (AvgIpc) is 2.87. The molecule has 0 aliphatic carbocycles. The van der Waals surface area contributed by atoms with Gasteiger partial charge >= 0.3 is 0 Å². The summed E-state index contributed by atoms with van der Waals surface area (Å²) in [6, 6.07) is 17.7. The summed E-state index contributed by atoms with van der Waals surface area (Å²) >= 11 is 11.4. The third-order valence-corrected chi connectivity index (χ3v) is 4.04. The molecule has 0 radical (unpaired) electrons. The van der Waals surface area contributed by atoms with Gasteiger partial charge in [-0.2, -0.15) is 0 Å². The molecule has 0 amide bonds. The molecule has 0 fully saturated rings. The molecule has 1 aromatic heterocycles. The summed E-state index contributed by atoms with van der Waals surface area (Å²) in [5.41, 5.74) is 1.73. The van der Waals surface area contributed by atoms with Gasteiger partial charge in [-0.1, -0.05) is 48.0 Å². The van der Waals surface area contributed by atoms with Crippen molar-refractivity contribution in [3.05, 3.63) is 64.4 Å². The molecular formula is C17H11ClN2OS. The zero-order valence-electron chi connectivity index (χ0n) is 11.4. The predicted octanol–water partition coefficient (Wildman–Crippen LogP) is 5.82. The SMILES string of the molecule is S=c1[nH]c2cc(Cl)c(Oc3cccc4ccccc34)cc2[nH]1. The number of fused-ring (bicyclic) bond motifs is 2. The molecule has 3 aromatic carbocycles. The first kappa shape index (κ1) is 13.4. The molecule has 0 bridgehead atoms. The number of aromatic amines is 2. The molecule has 4 rings (SSSR count). The minimum atomic E-state index is 0.533. The number of aromatic nitrogens is 2. The van der Waals surface area contributed by atoms with Crippen LogP contribution >= 0.6 is 23.8 Å². The highest BCUT2D eigenvalue weighted by Crippen LogP contribution is 2.35. The van der Waals surface area contributed by atoms with Crippen molar-refractivity contribution in [1.82, 2.24) is 9.97 Å². The monoisotopic (exact) mass is 326 g/mol. The highest BCUT2D eigenvalue weighted by molar-refractivity contribution is 7.71. The molecular weight excluding hydrogens is 316 g/mol. The number of imidazole rings is 1. The van der Waals surface area contributed by atoms with Crippen molar-refractivity contribution in [3.63, 3.8) is 0 Å². The molecule has 2 N–H and O–H groups in total. The van der Waals surface area contributed by atoms with E-state index in [-0.39, 0.29) is 0 Å². The number of benzene rings is 3. The smallest absolute Gasteiger partial charge is 0.175 e. The molecule has 0 saturated carbocycles. The van der Waals surface area contributed by atoms with E-state index in [2.05, 4.69) is 22.1 Å². The van der Waals surface area contributed by atoms with Gasteiger partial charge in [-0.3, -0.25) is 0 Å². The van der Waals surface area contributed by atoms with Crippen LogP contribution in [-0.2, 0) is 0 Å². The Bertz CT molecular complexity index is 1050. The number of rotatable bonds is 2. The second-order valence-corrected chi connectivity index (χ2v) is 5.80. The Morgan fingerprint density at radius 1 is 0.864 bits per heavy atom. The third-order valence-electron chi connectivity index (χ3n) is 3.54. The van der Waals surface area contributed by atoms with E-state index in [4.69, 9.17) is 28.6 Å². The van der Waals surface area contributed by atoms with Crippen molar-refractivity contribution in [2.45, 2.75) is 0 Å². The topological polar surface area (TPSA) is 40.8 Å². The van der Waals surface area contributed by atoms with Crippen LogP contribution in [0.2, 0.25) is 5.02 Å². The fraction of sp³-hybridized carbons (Fsp3) is 0. The second kappa shape index (κ2) is 5.16. The number of hydrogen-bond donors (Lipinski definition) is 2. The summed E-state index contributed by atoms with van der Waals surface area (Å²) in [6.45, 7) is 0. The van der Waals surface area contributed by atoms with E-state index >= 15 is 0 Å². The van der Waals surface area contributed by atoms with Crippen LogP contribution in [0.1, 0.15) is 0 Å². The summed E-state index contributed by atoms with van der Waals surface area (Å²) in [6.07, 6.45) is 0. The standard InChI is InChI=1S/C17H11ClN2OS/c18-12-8-13-14(20-17(22)19-13)9-16(12)21-15-7-3-5-10-4-1-2-6-11(10)15/h1-9H,(H2,19,20,22). The van der Waals surface area contributed by atoms with Crippen LogP contribution in [0.4, 0.5) is 0 Å². The van der Waals surface area contributed by atoms with E-state index in [0.29, 0.717) is 15.5 Å². The first-order valence-electron chi connectivity index (χ1n) is 6.78. The van der Waals surface area contributed by atoms with E-state index in [1.165, 1.54) is 0 Å². The highest BCUT2D eigenvalue weighted by atomic mass is 35.5. The normalized spacial score (nSPS) is 11.1. The maximum atomic E-state index is 6.32. The number of hydrogen-bond acceptors (Lipinski definition) is 2. The van der Waals surface area contributed by atoms with Crippen LogP contribution in [-0.4, -0.2) is 9.97 Å². The van der Waals surface area contributed by atoms with Gasteiger partial charge in [-0.15, -0.1) is 0 Å². The van der Waals surface area contributed by atoms with Gasteiger partial charge < -0.3 is 14.7 Å². The molecule has 5 heteroatoms. The minimum absolute atomic E-state index is 0.533. The molecule has 0 spiro atoms. The van der Waals surface area contributed by atoms with E-state index in [0.717, 1.165) is 27.6 Å². The first-order chi connectivity index (χ1) is 10.7. The lowest BCUT2D eigenvalue weighted by atomic mass is 10.1.